The van der Waals surface area contributed by atoms with Crippen LogP contribution in [-0.4, -0.2) is 72.6 Å². The highest BCUT2D eigenvalue weighted by Gasteiger charge is 2.25. The van der Waals surface area contributed by atoms with Crippen molar-refractivity contribution in [1.29, 1.82) is 0 Å². The van der Waals surface area contributed by atoms with Crippen LogP contribution in [0.4, 0.5) is 4.79 Å². The van der Waals surface area contributed by atoms with Gasteiger partial charge >= 0.3 is 6.03 Å². The van der Waals surface area contributed by atoms with Gasteiger partial charge in [0.1, 0.15) is 0 Å². The summed E-state index contributed by atoms with van der Waals surface area (Å²) in [6.07, 6.45) is 3.09. The summed E-state index contributed by atoms with van der Waals surface area (Å²) in [5.41, 5.74) is 2.67. The molecule has 2 aromatic carbocycles. The number of nitrogens with zero attached hydrogens (tertiary/aromatic N) is 3. The average Bonchev–Trinajstić information content (AvgIpc) is 2.81. The Bertz CT molecular complexity index is 813. The lowest BCUT2D eigenvalue weighted by Crippen LogP contribution is -2.54. The van der Waals surface area contributed by atoms with E-state index in [4.69, 9.17) is 11.6 Å². The van der Waals surface area contributed by atoms with Crippen molar-refractivity contribution < 1.29 is 4.79 Å². The summed E-state index contributed by atoms with van der Waals surface area (Å²) >= 11 is 5.97. The van der Waals surface area contributed by atoms with Crippen LogP contribution in [0.1, 0.15) is 24.0 Å². The molecule has 2 amide bonds. The number of halogens is 1. The zero-order chi connectivity index (χ0) is 21.5. The van der Waals surface area contributed by atoms with Crippen LogP contribution in [0.15, 0.2) is 54.6 Å². The van der Waals surface area contributed by atoms with Crippen molar-refractivity contribution in [3.05, 3.63) is 70.7 Å². The maximum absolute atomic E-state index is 12.7. The van der Waals surface area contributed by atoms with E-state index in [9.17, 15) is 4.79 Å². The summed E-state index contributed by atoms with van der Waals surface area (Å²) in [5, 5.41) is 4.06. The van der Waals surface area contributed by atoms with Gasteiger partial charge in [-0.3, -0.25) is 9.80 Å². The van der Waals surface area contributed by atoms with Gasteiger partial charge in [0.05, 0.1) is 0 Å². The Labute approximate surface area is 191 Å². The summed E-state index contributed by atoms with van der Waals surface area (Å²) in [6.45, 7) is 7.58. The molecule has 0 spiro atoms. The van der Waals surface area contributed by atoms with Crippen molar-refractivity contribution in [3.8, 4) is 0 Å². The topological polar surface area (TPSA) is 38.8 Å². The molecule has 5 nitrogen and oxygen atoms in total. The summed E-state index contributed by atoms with van der Waals surface area (Å²) in [6, 6.07) is 19.1. The van der Waals surface area contributed by atoms with Crippen LogP contribution >= 0.6 is 11.6 Å². The molecule has 2 aromatic rings. The van der Waals surface area contributed by atoms with Gasteiger partial charge in [0.25, 0.3) is 0 Å². The Kier molecular flexibility index (Phi) is 7.84. The molecule has 0 aliphatic carbocycles. The molecule has 0 radical (unpaired) electrons. The number of benzene rings is 2. The first-order valence-electron chi connectivity index (χ1n) is 11.4. The minimum atomic E-state index is 0.110. The maximum atomic E-state index is 12.7. The minimum absolute atomic E-state index is 0.110. The molecule has 2 aliphatic heterocycles. The van der Waals surface area contributed by atoms with Crippen molar-refractivity contribution in [2.45, 2.75) is 31.8 Å². The third kappa shape index (κ3) is 6.70. The predicted octanol–water partition coefficient (Wildman–Crippen LogP) is 3.87. The molecule has 6 heteroatoms. The van der Waals surface area contributed by atoms with Gasteiger partial charge in [-0.05, 0) is 42.5 Å². The first kappa shape index (κ1) is 22.1. The van der Waals surface area contributed by atoms with E-state index in [0.29, 0.717) is 0 Å². The van der Waals surface area contributed by atoms with Crippen LogP contribution in [-0.2, 0) is 13.0 Å². The van der Waals surface area contributed by atoms with E-state index in [1.165, 1.54) is 11.1 Å². The SMILES string of the molecule is O=C(NC1CCN(Cc2ccc(Cl)cc2)CC1)N1CCN(CCc2ccccc2)CC1. The Hall–Kier alpha value is -2.08. The van der Waals surface area contributed by atoms with E-state index in [-0.39, 0.29) is 12.1 Å². The quantitative estimate of drug-likeness (QED) is 0.741. The van der Waals surface area contributed by atoms with E-state index in [1.807, 2.05) is 17.0 Å². The number of likely N-dealkylation sites (tertiary alicyclic amines) is 1. The van der Waals surface area contributed by atoms with Crippen LogP contribution in [0.2, 0.25) is 5.02 Å². The zero-order valence-corrected chi connectivity index (χ0v) is 18.9. The molecule has 2 heterocycles. The monoisotopic (exact) mass is 440 g/mol. The summed E-state index contributed by atoms with van der Waals surface area (Å²) in [7, 11) is 0. The summed E-state index contributed by atoms with van der Waals surface area (Å²) in [4.78, 5) is 19.6. The molecule has 0 bridgehead atoms. The minimum Gasteiger partial charge on any atom is -0.335 e. The van der Waals surface area contributed by atoms with Crippen LogP contribution in [0.5, 0.6) is 0 Å². The van der Waals surface area contributed by atoms with Gasteiger partial charge in [-0.25, -0.2) is 4.79 Å². The third-order valence-electron chi connectivity index (χ3n) is 6.45. The van der Waals surface area contributed by atoms with E-state index in [0.717, 1.165) is 76.6 Å². The highest BCUT2D eigenvalue weighted by atomic mass is 35.5. The van der Waals surface area contributed by atoms with E-state index < -0.39 is 0 Å². The van der Waals surface area contributed by atoms with Crippen LogP contribution in [0.25, 0.3) is 0 Å². The highest BCUT2D eigenvalue weighted by Crippen LogP contribution is 2.16. The molecule has 0 saturated carbocycles. The van der Waals surface area contributed by atoms with Gasteiger partial charge in [-0.1, -0.05) is 54.1 Å². The number of carbonyl (C=O) groups is 1. The van der Waals surface area contributed by atoms with Crippen molar-refractivity contribution in [1.82, 2.24) is 20.0 Å². The first-order valence-corrected chi connectivity index (χ1v) is 11.8. The molecule has 2 saturated heterocycles. The molecule has 2 aliphatic rings. The van der Waals surface area contributed by atoms with Gasteiger partial charge in [-0.2, -0.15) is 0 Å². The zero-order valence-electron chi connectivity index (χ0n) is 18.2. The maximum Gasteiger partial charge on any atom is 0.317 e. The number of hydrogen-bond donors (Lipinski definition) is 1. The standard InChI is InChI=1S/C25H33ClN4O/c26-23-8-6-22(7-9-23)20-29-14-11-24(12-15-29)27-25(31)30-18-16-28(17-19-30)13-10-21-4-2-1-3-5-21/h1-9,24H,10-20H2,(H,27,31). The van der Waals surface area contributed by atoms with Gasteiger partial charge < -0.3 is 10.2 Å². The molecular weight excluding hydrogens is 408 g/mol. The highest BCUT2D eigenvalue weighted by molar-refractivity contribution is 6.30. The molecule has 166 valence electrons. The van der Waals surface area contributed by atoms with Crippen molar-refractivity contribution in [2.24, 2.45) is 0 Å². The predicted molar refractivity (Wildman–Crippen MR) is 126 cm³/mol. The molecule has 2 fully saturated rings. The van der Waals surface area contributed by atoms with Crippen LogP contribution in [0, 0.1) is 0 Å². The molecule has 0 unspecified atom stereocenters. The van der Waals surface area contributed by atoms with Gasteiger partial charge in [0.15, 0.2) is 0 Å². The smallest absolute Gasteiger partial charge is 0.317 e. The fraction of sp³-hybridized carbons (Fsp3) is 0.480. The molecule has 0 aromatic heterocycles. The number of piperidine rings is 1. The Morgan fingerprint density at radius 3 is 2.19 bits per heavy atom. The largest absolute Gasteiger partial charge is 0.335 e. The second-order valence-electron chi connectivity index (χ2n) is 8.69. The Morgan fingerprint density at radius 2 is 1.52 bits per heavy atom. The van der Waals surface area contributed by atoms with Crippen LogP contribution in [0.3, 0.4) is 0 Å². The van der Waals surface area contributed by atoms with Gasteiger partial charge in [0.2, 0.25) is 0 Å². The number of nitrogens with one attached hydrogen (secondary N) is 1. The number of urea groups is 1. The number of rotatable bonds is 6. The molecule has 0 atom stereocenters. The lowest BCUT2D eigenvalue weighted by atomic mass is 10.0. The van der Waals surface area contributed by atoms with Gasteiger partial charge in [-0.15, -0.1) is 0 Å². The lowest BCUT2D eigenvalue weighted by Gasteiger charge is -2.37. The molecule has 31 heavy (non-hydrogen) atoms. The third-order valence-corrected chi connectivity index (χ3v) is 6.71. The first-order chi connectivity index (χ1) is 15.2. The molecule has 1 N–H and O–H groups in total. The number of amides is 2. The lowest BCUT2D eigenvalue weighted by molar-refractivity contribution is 0.131. The van der Waals surface area contributed by atoms with Crippen LogP contribution < -0.4 is 5.32 Å². The van der Waals surface area contributed by atoms with Crippen molar-refractivity contribution >= 4 is 17.6 Å². The van der Waals surface area contributed by atoms with Crippen molar-refractivity contribution in [3.63, 3.8) is 0 Å². The second-order valence-corrected chi connectivity index (χ2v) is 9.13. The average molecular weight is 441 g/mol. The Balaban J connectivity index is 1.13. The summed E-state index contributed by atoms with van der Waals surface area (Å²) in [5.74, 6) is 0. The van der Waals surface area contributed by atoms with Crippen molar-refractivity contribution in [2.75, 3.05) is 45.8 Å². The number of hydrogen-bond acceptors (Lipinski definition) is 3. The van der Waals surface area contributed by atoms with E-state index in [2.05, 4.69) is 57.6 Å². The normalized spacial score (nSPS) is 18.8. The number of piperazine rings is 1. The fourth-order valence-corrected chi connectivity index (χ4v) is 4.58. The summed E-state index contributed by atoms with van der Waals surface area (Å²) < 4.78 is 0. The van der Waals surface area contributed by atoms with E-state index >= 15 is 0 Å². The second kappa shape index (κ2) is 11.0. The number of carbonyl (C=O) groups excluding carboxylic acids is 1. The Morgan fingerprint density at radius 1 is 0.839 bits per heavy atom. The molecular formula is C25H33ClN4O. The van der Waals surface area contributed by atoms with Gasteiger partial charge in [0, 0.05) is 63.4 Å². The molecule has 4 rings (SSSR count). The van der Waals surface area contributed by atoms with E-state index in [1.54, 1.807) is 0 Å². The fourth-order valence-electron chi connectivity index (χ4n) is 4.46.